The lowest BCUT2D eigenvalue weighted by Crippen LogP contribution is -2.53. The highest BCUT2D eigenvalue weighted by molar-refractivity contribution is 7.89. The molecule has 1 aliphatic carbocycles. The summed E-state index contributed by atoms with van der Waals surface area (Å²) in [6.45, 7) is 0.780. The van der Waals surface area contributed by atoms with Crippen LogP contribution in [0.3, 0.4) is 0 Å². The lowest BCUT2D eigenvalue weighted by Gasteiger charge is -2.52. The van der Waals surface area contributed by atoms with Crippen molar-refractivity contribution in [3.05, 3.63) is 29.8 Å². The van der Waals surface area contributed by atoms with E-state index >= 15 is 0 Å². The normalized spacial score (nSPS) is 25.1. The maximum Gasteiger partial charge on any atom is 0.243 e. The molecule has 0 aromatic heterocycles. The van der Waals surface area contributed by atoms with E-state index in [2.05, 4.69) is 0 Å². The summed E-state index contributed by atoms with van der Waals surface area (Å²) in [6, 6.07) is 2.70. The summed E-state index contributed by atoms with van der Waals surface area (Å²) in [7, 11) is -2.08. The first-order valence-corrected chi connectivity index (χ1v) is 8.81. The van der Waals surface area contributed by atoms with E-state index in [1.54, 1.807) is 7.11 Å². The third kappa shape index (κ3) is 2.45. The van der Waals surface area contributed by atoms with Crippen molar-refractivity contribution in [2.45, 2.75) is 36.7 Å². The summed E-state index contributed by atoms with van der Waals surface area (Å²) in [4.78, 5) is -0.195. The second kappa shape index (κ2) is 5.54. The minimum absolute atomic E-state index is 0.0921. The van der Waals surface area contributed by atoms with Crippen LogP contribution in [0.5, 0.6) is 0 Å². The molecule has 0 bridgehead atoms. The van der Waals surface area contributed by atoms with E-state index in [4.69, 9.17) is 4.74 Å². The Morgan fingerprint density at radius 1 is 1.18 bits per heavy atom. The maximum absolute atomic E-state index is 13.3. The first-order chi connectivity index (χ1) is 10.4. The van der Waals surface area contributed by atoms with Gasteiger partial charge in [-0.05, 0) is 49.3 Å². The molecule has 1 aromatic carbocycles. The molecular formula is C15H19F2NO3S. The van der Waals surface area contributed by atoms with Crippen LogP contribution in [0, 0.1) is 17.0 Å². The van der Waals surface area contributed by atoms with Crippen LogP contribution in [-0.2, 0) is 14.8 Å². The lowest BCUT2D eigenvalue weighted by molar-refractivity contribution is -0.113. The van der Waals surface area contributed by atoms with Crippen molar-refractivity contribution in [1.82, 2.24) is 4.31 Å². The molecule has 1 aliphatic heterocycles. The smallest absolute Gasteiger partial charge is 0.243 e. The van der Waals surface area contributed by atoms with Gasteiger partial charge in [-0.3, -0.25) is 0 Å². The van der Waals surface area contributed by atoms with Crippen LogP contribution in [0.2, 0.25) is 0 Å². The highest BCUT2D eigenvalue weighted by atomic mass is 32.2. The second-order valence-electron chi connectivity index (χ2n) is 6.11. The van der Waals surface area contributed by atoms with E-state index < -0.39 is 21.7 Å². The summed E-state index contributed by atoms with van der Waals surface area (Å²) >= 11 is 0. The predicted octanol–water partition coefficient (Wildman–Crippen LogP) is 2.54. The molecule has 1 spiro atoms. The van der Waals surface area contributed by atoms with Gasteiger partial charge in [0, 0.05) is 20.2 Å². The van der Waals surface area contributed by atoms with E-state index in [0.717, 1.165) is 43.9 Å². The topological polar surface area (TPSA) is 46.6 Å². The van der Waals surface area contributed by atoms with Crippen LogP contribution in [0.25, 0.3) is 0 Å². The average molecular weight is 331 g/mol. The lowest BCUT2D eigenvalue weighted by atomic mass is 9.61. The molecule has 3 rings (SSSR count). The second-order valence-corrected chi connectivity index (χ2v) is 8.04. The van der Waals surface area contributed by atoms with Gasteiger partial charge in [0.2, 0.25) is 10.0 Å². The van der Waals surface area contributed by atoms with Gasteiger partial charge in [0.15, 0.2) is 11.6 Å². The zero-order chi connectivity index (χ0) is 16.0. The number of piperidine rings is 1. The minimum atomic E-state index is -3.77. The fraction of sp³-hybridized carbons (Fsp3) is 0.600. The Balaban J connectivity index is 1.76. The van der Waals surface area contributed by atoms with Crippen LogP contribution >= 0.6 is 0 Å². The molecule has 1 atom stereocenters. The molecule has 4 nitrogen and oxygen atoms in total. The Bertz CT molecular complexity index is 667. The van der Waals surface area contributed by atoms with Gasteiger partial charge in [-0.2, -0.15) is 4.31 Å². The van der Waals surface area contributed by atoms with Crippen LogP contribution < -0.4 is 0 Å². The van der Waals surface area contributed by atoms with E-state index in [9.17, 15) is 17.2 Å². The molecule has 1 aromatic rings. The van der Waals surface area contributed by atoms with Crippen molar-refractivity contribution in [3.63, 3.8) is 0 Å². The van der Waals surface area contributed by atoms with Gasteiger partial charge in [0.05, 0.1) is 11.0 Å². The van der Waals surface area contributed by atoms with Crippen LogP contribution in [-0.4, -0.2) is 39.0 Å². The number of benzene rings is 1. The molecule has 1 saturated heterocycles. The summed E-state index contributed by atoms with van der Waals surface area (Å²) in [5.74, 6) is -2.19. The molecule has 1 unspecified atom stereocenters. The maximum atomic E-state index is 13.3. The number of ether oxygens (including phenoxy) is 1. The molecule has 0 amide bonds. The fourth-order valence-corrected chi connectivity index (χ4v) is 5.02. The summed E-state index contributed by atoms with van der Waals surface area (Å²) in [5, 5.41) is 0. The van der Waals surface area contributed by atoms with Crippen molar-refractivity contribution in [1.29, 1.82) is 0 Å². The molecule has 0 N–H and O–H groups in total. The quantitative estimate of drug-likeness (QED) is 0.855. The highest BCUT2D eigenvalue weighted by Gasteiger charge is 2.49. The fourth-order valence-electron chi connectivity index (χ4n) is 3.57. The largest absolute Gasteiger partial charge is 0.381 e. The predicted molar refractivity (Wildman–Crippen MR) is 76.8 cm³/mol. The summed E-state index contributed by atoms with van der Waals surface area (Å²) < 4.78 is 58.1. The van der Waals surface area contributed by atoms with E-state index in [1.165, 1.54) is 4.31 Å². The molecule has 7 heteroatoms. The van der Waals surface area contributed by atoms with Gasteiger partial charge in [-0.1, -0.05) is 0 Å². The Kier molecular flexibility index (Phi) is 3.99. The van der Waals surface area contributed by atoms with E-state index in [-0.39, 0.29) is 16.4 Å². The van der Waals surface area contributed by atoms with E-state index in [0.29, 0.717) is 13.1 Å². The standard InChI is InChI=1S/C15H19F2NO3S/c1-21-14-4-5-15(14)6-8-18(9-7-15)22(19,20)11-2-3-12(16)13(17)10-11/h2-3,10,14H,4-9H2,1H3. The van der Waals surface area contributed by atoms with Gasteiger partial charge in [-0.15, -0.1) is 0 Å². The molecule has 2 aliphatic rings. The minimum Gasteiger partial charge on any atom is -0.381 e. The van der Waals surface area contributed by atoms with Crippen molar-refractivity contribution in [2.75, 3.05) is 20.2 Å². The van der Waals surface area contributed by atoms with Gasteiger partial charge in [-0.25, -0.2) is 17.2 Å². The Morgan fingerprint density at radius 2 is 1.86 bits per heavy atom. The molecule has 122 valence electrons. The van der Waals surface area contributed by atoms with Gasteiger partial charge >= 0.3 is 0 Å². The average Bonchev–Trinajstić information content (AvgIpc) is 2.49. The van der Waals surface area contributed by atoms with Gasteiger partial charge in [0.1, 0.15) is 0 Å². The van der Waals surface area contributed by atoms with E-state index in [1.807, 2.05) is 0 Å². The van der Waals surface area contributed by atoms with Crippen molar-refractivity contribution in [2.24, 2.45) is 5.41 Å². The molecule has 22 heavy (non-hydrogen) atoms. The molecule has 1 heterocycles. The number of halogens is 2. The Labute approximate surface area is 129 Å². The first kappa shape index (κ1) is 15.8. The first-order valence-electron chi connectivity index (χ1n) is 7.37. The number of sulfonamides is 1. The number of hydrogen-bond acceptors (Lipinski definition) is 3. The zero-order valence-corrected chi connectivity index (χ0v) is 13.2. The monoisotopic (exact) mass is 331 g/mol. The van der Waals surface area contributed by atoms with Crippen molar-refractivity contribution >= 4 is 10.0 Å². The SMILES string of the molecule is COC1CCC12CCN(S(=O)(=O)c1ccc(F)c(F)c1)CC2. The molecule has 0 radical (unpaired) electrons. The Morgan fingerprint density at radius 3 is 2.36 bits per heavy atom. The molecule has 1 saturated carbocycles. The Hall–Kier alpha value is -1.05. The summed E-state index contributed by atoms with van der Waals surface area (Å²) in [6.07, 6.45) is 3.78. The number of rotatable bonds is 3. The van der Waals surface area contributed by atoms with Crippen LogP contribution in [0.1, 0.15) is 25.7 Å². The third-order valence-corrected chi connectivity index (χ3v) is 7.01. The highest BCUT2D eigenvalue weighted by Crippen LogP contribution is 2.51. The zero-order valence-electron chi connectivity index (χ0n) is 12.4. The van der Waals surface area contributed by atoms with Gasteiger partial charge in [0.25, 0.3) is 0 Å². The molecular weight excluding hydrogens is 312 g/mol. The van der Waals surface area contributed by atoms with Gasteiger partial charge < -0.3 is 4.74 Å². The van der Waals surface area contributed by atoms with Crippen LogP contribution in [0.15, 0.2) is 23.1 Å². The number of nitrogens with zero attached hydrogens (tertiary/aromatic N) is 1. The number of hydrogen-bond donors (Lipinski definition) is 0. The van der Waals surface area contributed by atoms with Crippen molar-refractivity contribution in [3.8, 4) is 0 Å². The third-order valence-electron chi connectivity index (χ3n) is 5.12. The molecule has 2 fully saturated rings. The number of methoxy groups -OCH3 is 1. The van der Waals surface area contributed by atoms with Crippen molar-refractivity contribution < 1.29 is 21.9 Å². The van der Waals surface area contributed by atoms with Crippen LogP contribution in [0.4, 0.5) is 8.78 Å². The summed E-state index contributed by atoms with van der Waals surface area (Å²) in [5.41, 5.74) is 0.0921.